The van der Waals surface area contributed by atoms with Gasteiger partial charge in [0.15, 0.2) is 5.76 Å². The van der Waals surface area contributed by atoms with E-state index in [-0.39, 0.29) is 11.3 Å². The number of carboxylic acid groups (broad SMARTS) is 1. The molecule has 2 heterocycles. The lowest BCUT2D eigenvalue weighted by atomic mass is 10.2. The standard InChI is InChI=1S/C21H15N3O4/c25-20(19-12-15-4-1-2-6-18(15)28-19)23-22-13-17-5-3-11-24(17)16-9-7-14(8-10-16)21(26)27/h1-13H,(H,23,25)(H,26,27)/b22-13-. The van der Waals surface area contributed by atoms with Crippen molar-refractivity contribution in [2.75, 3.05) is 0 Å². The molecule has 7 heteroatoms. The van der Waals surface area contributed by atoms with Crippen LogP contribution in [0.3, 0.4) is 0 Å². The fourth-order valence-corrected chi connectivity index (χ4v) is 2.80. The normalized spacial score (nSPS) is 11.1. The Morgan fingerprint density at radius 3 is 2.57 bits per heavy atom. The highest BCUT2D eigenvalue weighted by Crippen LogP contribution is 2.18. The van der Waals surface area contributed by atoms with Crippen molar-refractivity contribution < 1.29 is 19.1 Å². The molecule has 0 spiro atoms. The number of hydrazone groups is 1. The Labute approximate surface area is 159 Å². The minimum absolute atomic E-state index is 0.179. The molecule has 0 unspecified atom stereocenters. The first-order valence-corrected chi connectivity index (χ1v) is 8.45. The van der Waals surface area contributed by atoms with E-state index in [1.807, 2.05) is 41.1 Å². The summed E-state index contributed by atoms with van der Waals surface area (Å²) in [5, 5.41) is 13.8. The van der Waals surface area contributed by atoms with Crippen LogP contribution in [0, 0.1) is 0 Å². The Hall–Kier alpha value is -4.13. The van der Waals surface area contributed by atoms with Crippen LogP contribution in [0.1, 0.15) is 26.6 Å². The highest BCUT2D eigenvalue weighted by Gasteiger charge is 2.11. The average Bonchev–Trinajstić information content (AvgIpc) is 3.35. The number of nitrogens with one attached hydrogen (secondary N) is 1. The number of carboxylic acids is 1. The molecule has 4 rings (SSSR count). The van der Waals surface area contributed by atoms with Crippen LogP contribution in [0.5, 0.6) is 0 Å². The SMILES string of the molecule is O=C(O)c1ccc(-n2cccc2/C=N\NC(=O)c2cc3ccccc3o2)cc1. The van der Waals surface area contributed by atoms with Crippen molar-refractivity contribution in [2.24, 2.45) is 5.10 Å². The van der Waals surface area contributed by atoms with Crippen molar-refractivity contribution >= 4 is 29.1 Å². The molecule has 2 aromatic heterocycles. The molecule has 0 bridgehead atoms. The van der Waals surface area contributed by atoms with Crippen LogP contribution in [-0.2, 0) is 0 Å². The lowest BCUT2D eigenvalue weighted by Crippen LogP contribution is -2.17. The molecule has 28 heavy (non-hydrogen) atoms. The van der Waals surface area contributed by atoms with Crippen molar-refractivity contribution in [3.05, 3.63) is 89.9 Å². The first-order chi connectivity index (χ1) is 13.6. The maximum atomic E-state index is 12.2. The molecule has 1 amide bonds. The molecule has 0 atom stereocenters. The largest absolute Gasteiger partial charge is 0.478 e. The van der Waals surface area contributed by atoms with Crippen molar-refractivity contribution in [3.8, 4) is 5.69 Å². The molecule has 0 saturated heterocycles. The molecule has 4 aromatic rings. The second kappa shape index (κ2) is 7.24. The minimum Gasteiger partial charge on any atom is -0.478 e. The number of carbonyl (C=O) groups is 2. The second-order valence-corrected chi connectivity index (χ2v) is 6.00. The fraction of sp³-hybridized carbons (Fsp3) is 0. The number of amides is 1. The Morgan fingerprint density at radius 2 is 1.82 bits per heavy atom. The van der Waals surface area contributed by atoms with Crippen molar-refractivity contribution in [1.82, 2.24) is 9.99 Å². The van der Waals surface area contributed by atoms with Crippen molar-refractivity contribution in [3.63, 3.8) is 0 Å². The van der Waals surface area contributed by atoms with Crippen LogP contribution in [0.2, 0.25) is 0 Å². The molecular weight excluding hydrogens is 358 g/mol. The number of rotatable bonds is 5. The van der Waals surface area contributed by atoms with Crippen LogP contribution in [0.4, 0.5) is 0 Å². The van der Waals surface area contributed by atoms with E-state index in [2.05, 4.69) is 10.5 Å². The van der Waals surface area contributed by atoms with E-state index >= 15 is 0 Å². The Balaban J connectivity index is 1.49. The zero-order valence-electron chi connectivity index (χ0n) is 14.6. The summed E-state index contributed by atoms with van der Waals surface area (Å²) in [5.41, 5.74) is 4.79. The Bertz CT molecular complexity index is 1150. The van der Waals surface area contributed by atoms with Gasteiger partial charge in [-0.1, -0.05) is 18.2 Å². The monoisotopic (exact) mass is 373 g/mol. The van der Waals surface area contributed by atoms with Gasteiger partial charge in [0.05, 0.1) is 17.5 Å². The zero-order chi connectivity index (χ0) is 19.5. The van der Waals surface area contributed by atoms with Crippen LogP contribution in [0.25, 0.3) is 16.7 Å². The van der Waals surface area contributed by atoms with E-state index in [4.69, 9.17) is 9.52 Å². The molecule has 0 aliphatic carbocycles. The molecule has 0 saturated carbocycles. The van der Waals surface area contributed by atoms with Gasteiger partial charge >= 0.3 is 11.9 Å². The summed E-state index contributed by atoms with van der Waals surface area (Å²) in [7, 11) is 0. The Kier molecular flexibility index (Phi) is 4.47. The summed E-state index contributed by atoms with van der Waals surface area (Å²) in [6.07, 6.45) is 3.32. The molecular formula is C21H15N3O4. The van der Waals surface area contributed by atoms with E-state index in [9.17, 15) is 9.59 Å². The predicted molar refractivity (Wildman–Crippen MR) is 104 cm³/mol. The lowest BCUT2D eigenvalue weighted by Gasteiger charge is -2.06. The summed E-state index contributed by atoms with van der Waals surface area (Å²) < 4.78 is 7.32. The highest BCUT2D eigenvalue weighted by atomic mass is 16.4. The van der Waals surface area contributed by atoms with Gasteiger partial charge in [-0.3, -0.25) is 4.79 Å². The quantitative estimate of drug-likeness (QED) is 0.412. The molecule has 0 aliphatic rings. The molecule has 0 aliphatic heterocycles. The first-order valence-electron chi connectivity index (χ1n) is 8.45. The molecule has 138 valence electrons. The summed E-state index contributed by atoms with van der Waals surface area (Å²) >= 11 is 0. The van der Waals surface area contributed by atoms with Crippen LogP contribution < -0.4 is 5.43 Å². The smallest absolute Gasteiger partial charge is 0.335 e. The number of benzene rings is 2. The van der Waals surface area contributed by atoms with Gasteiger partial charge in [0.2, 0.25) is 0 Å². The number of aromatic nitrogens is 1. The summed E-state index contributed by atoms with van der Waals surface area (Å²) in [6.45, 7) is 0. The third kappa shape index (κ3) is 3.41. The molecule has 2 N–H and O–H groups in total. The van der Waals surface area contributed by atoms with Gasteiger partial charge < -0.3 is 14.1 Å². The third-order valence-corrected chi connectivity index (χ3v) is 4.18. The molecule has 0 fully saturated rings. The van der Waals surface area contributed by atoms with Crippen LogP contribution >= 0.6 is 0 Å². The van der Waals surface area contributed by atoms with Gasteiger partial charge in [0, 0.05) is 17.3 Å². The number of fused-ring (bicyclic) bond motifs is 1. The summed E-state index contributed by atoms with van der Waals surface area (Å²) in [5.74, 6) is -1.25. The Morgan fingerprint density at radius 1 is 1.04 bits per heavy atom. The third-order valence-electron chi connectivity index (χ3n) is 4.18. The van der Waals surface area contributed by atoms with Gasteiger partial charge in [-0.25, -0.2) is 10.2 Å². The number of carbonyl (C=O) groups excluding carboxylic acids is 1. The molecule has 7 nitrogen and oxygen atoms in total. The number of para-hydroxylation sites is 1. The maximum Gasteiger partial charge on any atom is 0.335 e. The summed E-state index contributed by atoms with van der Waals surface area (Å²) in [6, 6.07) is 19.1. The van der Waals surface area contributed by atoms with E-state index in [1.54, 1.807) is 24.3 Å². The van der Waals surface area contributed by atoms with Gasteiger partial charge in [-0.2, -0.15) is 5.10 Å². The van der Waals surface area contributed by atoms with E-state index in [0.29, 0.717) is 11.3 Å². The van der Waals surface area contributed by atoms with E-state index < -0.39 is 11.9 Å². The number of hydrogen-bond acceptors (Lipinski definition) is 4. The predicted octanol–water partition coefficient (Wildman–Crippen LogP) is 3.69. The fourth-order valence-electron chi connectivity index (χ4n) is 2.80. The van der Waals surface area contributed by atoms with Crippen molar-refractivity contribution in [2.45, 2.75) is 0 Å². The number of nitrogens with zero attached hydrogens (tertiary/aromatic N) is 2. The van der Waals surface area contributed by atoms with Crippen molar-refractivity contribution in [1.29, 1.82) is 0 Å². The van der Waals surface area contributed by atoms with E-state index in [0.717, 1.165) is 11.1 Å². The highest BCUT2D eigenvalue weighted by molar-refractivity contribution is 5.96. The number of furan rings is 1. The van der Waals surface area contributed by atoms with Gasteiger partial charge in [0.25, 0.3) is 0 Å². The topological polar surface area (TPSA) is 96.8 Å². The molecule has 0 radical (unpaired) electrons. The maximum absolute atomic E-state index is 12.2. The average molecular weight is 373 g/mol. The second-order valence-electron chi connectivity index (χ2n) is 6.00. The lowest BCUT2D eigenvalue weighted by molar-refractivity contribution is 0.0696. The molecule has 2 aromatic carbocycles. The first kappa shape index (κ1) is 17.3. The number of hydrogen-bond donors (Lipinski definition) is 2. The van der Waals surface area contributed by atoms with Gasteiger partial charge in [-0.15, -0.1) is 0 Å². The zero-order valence-corrected chi connectivity index (χ0v) is 14.6. The van der Waals surface area contributed by atoms with Gasteiger partial charge in [-0.05, 0) is 48.5 Å². The van der Waals surface area contributed by atoms with Gasteiger partial charge in [0.1, 0.15) is 5.58 Å². The van der Waals surface area contributed by atoms with E-state index in [1.165, 1.54) is 18.3 Å². The summed E-state index contributed by atoms with van der Waals surface area (Å²) in [4.78, 5) is 23.2. The van der Waals surface area contributed by atoms with Crippen LogP contribution in [0.15, 0.2) is 82.4 Å². The minimum atomic E-state index is -0.978. The number of aromatic carboxylic acids is 1. The van der Waals surface area contributed by atoms with Crippen LogP contribution in [-0.4, -0.2) is 27.8 Å².